The molecule has 0 aliphatic carbocycles. The third-order valence-electron chi connectivity index (χ3n) is 6.56. The summed E-state index contributed by atoms with van der Waals surface area (Å²) in [7, 11) is 0. The number of hydrogen-bond acceptors (Lipinski definition) is 6. The molecule has 5 heterocycles. The van der Waals surface area contributed by atoms with Crippen LogP contribution in [0, 0.1) is 18.6 Å². The zero-order valence-electron chi connectivity index (χ0n) is 19.0. The van der Waals surface area contributed by atoms with E-state index in [1.54, 1.807) is 22.9 Å². The fourth-order valence-electron chi connectivity index (χ4n) is 4.94. The molecule has 10 heteroatoms. The largest absolute Gasteiger partial charge is 0.376 e. The summed E-state index contributed by atoms with van der Waals surface area (Å²) in [6.07, 6.45) is 5.49. The molecule has 4 aromatic rings. The van der Waals surface area contributed by atoms with Gasteiger partial charge < -0.3 is 24.7 Å². The minimum Gasteiger partial charge on any atom is -0.376 e. The van der Waals surface area contributed by atoms with E-state index in [2.05, 4.69) is 20.5 Å². The van der Waals surface area contributed by atoms with E-state index in [1.165, 1.54) is 6.07 Å². The Morgan fingerprint density at radius 3 is 2.79 bits per heavy atom. The SMILES string of the molecule is Cc1cn2cc(Nc3nn(CC4CCCO4)c4cc(N5CCNCC5)cc(F)c34)cc(F)c2n1. The monoisotopic (exact) mass is 467 g/mol. The maximum absolute atomic E-state index is 15.6. The van der Waals surface area contributed by atoms with Gasteiger partial charge in [0.25, 0.3) is 0 Å². The average Bonchev–Trinajstić information content (AvgIpc) is 3.54. The molecule has 2 aliphatic rings. The van der Waals surface area contributed by atoms with E-state index < -0.39 is 5.82 Å². The lowest BCUT2D eigenvalue weighted by atomic mass is 10.1. The molecule has 0 bridgehead atoms. The molecule has 8 nitrogen and oxygen atoms in total. The Kier molecular flexibility index (Phi) is 5.34. The lowest BCUT2D eigenvalue weighted by Gasteiger charge is -2.29. The van der Waals surface area contributed by atoms with Crippen LogP contribution in [-0.2, 0) is 11.3 Å². The molecule has 2 aliphatic heterocycles. The second-order valence-electron chi connectivity index (χ2n) is 9.04. The average molecular weight is 468 g/mol. The third kappa shape index (κ3) is 3.86. The summed E-state index contributed by atoms with van der Waals surface area (Å²) < 4.78 is 39.5. The molecule has 6 rings (SSSR count). The molecule has 0 spiro atoms. The first kappa shape index (κ1) is 21.3. The first-order valence-electron chi connectivity index (χ1n) is 11.7. The molecule has 1 aromatic carbocycles. The summed E-state index contributed by atoms with van der Waals surface area (Å²) in [5.74, 6) is -0.456. The normalized spacial score (nSPS) is 18.9. The van der Waals surface area contributed by atoms with Crippen molar-refractivity contribution < 1.29 is 13.5 Å². The summed E-state index contributed by atoms with van der Waals surface area (Å²) in [6.45, 7) is 6.45. The van der Waals surface area contributed by atoms with Gasteiger partial charge in [0.15, 0.2) is 17.3 Å². The predicted octanol–water partition coefficient (Wildman–Crippen LogP) is 3.60. The second kappa shape index (κ2) is 8.52. The van der Waals surface area contributed by atoms with Gasteiger partial charge in [-0.1, -0.05) is 0 Å². The van der Waals surface area contributed by atoms with Crippen LogP contribution < -0.4 is 15.5 Å². The lowest BCUT2D eigenvalue weighted by Crippen LogP contribution is -2.43. The van der Waals surface area contributed by atoms with E-state index >= 15 is 4.39 Å². The molecule has 34 heavy (non-hydrogen) atoms. The number of piperazine rings is 1. The topological polar surface area (TPSA) is 71.7 Å². The molecule has 0 amide bonds. The zero-order chi connectivity index (χ0) is 23.2. The molecule has 0 radical (unpaired) electrons. The number of rotatable bonds is 5. The summed E-state index contributed by atoms with van der Waals surface area (Å²) in [6, 6.07) is 4.93. The fourth-order valence-corrected chi connectivity index (χ4v) is 4.94. The number of fused-ring (bicyclic) bond motifs is 2. The van der Waals surface area contributed by atoms with Crippen LogP contribution in [0.5, 0.6) is 0 Å². The summed E-state index contributed by atoms with van der Waals surface area (Å²) in [4.78, 5) is 6.38. The standard InChI is InChI=1S/C24H27F2N7O/c1-15-12-32-13-16(9-20(26)24(32)28-15)29-23-22-19(25)10-17(31-6-4-27-5-7-31)11-21(22)33(30-23)14-18-3-2-8-34-18/h9-13,18,27H,2-8,14H2,1H3,(H,29,30). The van der Waals surface area contributed by atoms with Gasteiger partial charge in [0, 0.05) is 56.9 Å². The van der Waals surface area contributed by atoms with Gasteiger partial charge in [-0.2, -0.15) is 5.10 Å². The highest BCUT2D eigenvalue weighted by Gasteiger charge is 2.23. The van der Waals surface area contributed by atoms with Crippen molar-refractivity contribution in [2.75, 3.05) is 43.0 Å². The van der Waals surface area contributed by atoms with Gasteiger partial charge in [0.1, 0.15) is 5.82 Å². The number of hydrogen-bond donors (Lipinski definition) is 2. The van der Waals surface area contributed by atoms with Crippen LogP contribution >= 0.6 is 0 Å². The molecule has 2 saturated heterocycles. The Bertz CT molecular complexity index is 1350. The van der Waals surface area contributed by atoms with E-state index in [4.69, 9.17) is 9.84 Å². The molecule has 0 saturated carbocycles. The number of aromatic nitrogens is 4. The van der Waals surface area contributed by atoms with E-state index in [0.717, 1.165) is 51.3 Å². The predicted molar refractivity (Wildman–Crippen MR) is 127 cm³/mol. The number of imidazole rings is 1. The van der Waals surface area contributed by atoms with Gasteiger partial charge in [-0.25, -0.2) is 13.8 Å². The number of pyridine rings is 1. The lowest BCUT2D eigenvalue weighted by molar-refractivity contribution is 0.0952. The Labute approximate surface area is 195 Å². The summed E-state index contributed by atoms with van der Waals surface area (Å²) in [5.41, 5.74) is 2.98. The molecule has 1 atom stereocenters. The van der Waals surface area contributed by atoms with Gasteiger partial charge in [0.2, 0.25) is 0 Å². The van der Waals surface area contributed by atoms with Crippen LogP contribution in [0.2, 0.25) is 0 Å². The Hall–Kier alpha value is -3.24. The minimum absolute atomic E-state index is 0.0459. The third-order valence-corrected chi connectivity index (χ3v) is 6.56. The highest BCUT2D eigenvalue weighted by molar-refractivity contribution is 5.94. The first-order valence-corrected chi connectivity index (χ1v) is 11.7. The van der Waals surface area contributed by atoms with Gasteiger partial charge in [0.05, 0.1) is 34.9 Å². The molecular weight excluding hydrogens is 440 g/mol. The molecule has 1 unspecified atom stereocenters. The van der Waals surface area contributed by atoms with E-state index in [9.17, 15) is 4.39 Å². The molecule has 2 N–H and O–H groups in total. The van der Waals surface area contributed by atoms with Crippen molar-refractivity contribution in [1.29, 1.82) is 0 Å². The quantitative estimate of drug-likeness (QED) is 0.467. The van der Waals surface area contributed by atoms with Crippen molar-refractivity contribution in [3.63, 3.8) is 0 Å². The van der Waals surface area contributed by atoms with Crippen molar-refractivity contribution >= 4 is 33.7 Å². The maximum Gasteiger partial charge on any atom is 0.173 e. The highest BCUT2D eigenvalue weighted by Crippen LogP contribution is 2.33. The van der Waals surface area contributed by atoms with Gasteiger partial charge >= 0.3 is 0 Å². The van der Waals surface area contributed by atoms with Crippen molar-refractivity contribution in [3.05, 3.63) is 47.9 Å². The number of aryl methyl sites for hydroxylation is 1. The van der Waals surface area contributed by atoms with Crippen molar-refractivity contribution in [2.24, 2.45) is 0 Å². The Morgan fingerprint density at radius 2 is 2.00 bits per heavy atom. The van der Waals surface area contributed by atoms with Crippen molar-refractivity contribution in [2.45, 2.75) is 32.4 Å². The fraction of sp³-hybridized carbons (Fsp3) is 0.417. The van der Waals surface area contributed by atoms with Crippen LogP contribution in [-0.4, -0.2) is 58.1 Å². The summed E-state index contributed by atoms with van der Waals surface area (Å²) >= 11 is 0. The van der Waals surface area contributed by atoms with Crippen molar-refractivity contribution in [3.8, 4) is 0 Å². The van der Waals surface area contributed by atoms with E-state index in [1.807, 2.05) is 17.7 Å². The number of ether oxygens (including phenoxy) is 1. The number of benzene rings is 1. The minimum atomic E-state index is -0.456. The number of nitrogens with one attached hydrogen (secondary N) is 2. The highest BCUT2D eigenvalue weighted by atomic mass is 19.1. The van der Waals surface area contributed by atoms with Crippen LogP contribution in [0.25, 0.3) is 16.6 Å². The number of nitrogens with zero attached hydrogens (tertiary/aromatic N) is 5. The molecule has 178 valence electrons. The second-order valence-corrected chi connectivity index (χ2v) is 9.04. The van der Waals surface area contributed by atoms with E-state index in [0.29, 0.717) is 34.6 Å². The smallest absolute Gasteiger partial charge is 0.173 e. The van der Waals surface area contributed by atoms with Gasteiger partial charge in [-0.15, -0.1) is 0 Å². The van der Waals surface area contributed by atoms with Crippen LogP contribution in [0.3, 0.4) is 0 Å². The van der Waals surface area contributed by atoms with Gasteiger partial charge in [-0.3, -0.25) is 4.68 Å². The van der Waals surface area contributed by atoms with Crippen molar-refractivity contribution in [1.82, 2.24) is 24.5 Å². The molecular formula is C24H27F2N7O. The Morgan fingerprint density at radius 1 is 1.15 bits per heavy atom. The van der Waals surface area contributed by atoms with Crippen LogP contribution in [0.4, 0.5) is 26.0 Å². The number of halogens is 2. The van der Waals surface area contributed by atoms with Crippen LogP contribution in [0.15, 0.2) is 30.6 Å². The van der Waals surface area contributed by atoms with Gasteiger partial charge in [-0.05, 0) is 31.9 Å². The number of anilines is 3. The first-order chi connectivity index (χ1) is 16.5. The molecule has 2 fully saturated rings. The molecule has 3 aromatic heterocycles. The van der Waals surface area contributed by atoms with Crippen LogP contribution in [0.1, 0.15) is 18.5 Å². The summed E-state index contributed by atoms with van der Waals surface area (Å²) in [5, 5.41) is 11.6. The Balaban J connectivity index is 1.43. The van der Waals surface area contributed by atoms with E-state index in [-0.39, 0.29) is 17.6 Å². The zero-order valence-corrected chi connectivity index (χ0v) is 19.0. The maximum atomic E-state index is 15.6.